The summed E-state index contributed by atoms with van der Waals surface area (Å²) in [6, 6.07) is 5.02. The molecule has 0 amide bonds. The Morgan fingerprint density at radius 3 is 2.83 bits per heavy atom. The Kier molecular flexibility index (Phi) is 3.00. The van der Waals surface area contributed by atoms with Gasteiger partial charge in [-0.05, 0) is 17.7 Å². The van der Waals surface area contributed by atoms with Crippen molar-refractivity contribution in [3.63, 3.8) is 0 Å². The zero-order valence-electron chi connectivity index (χ0n) is 6.50. The van der Waals surface area contributed by atoms with E-state index in [1.165, 1.54) is 0 Å². The molecule has 0 spiro atoms. The highest BCUT2D eigenvalue weighted by atomic mass is 35.5. The molecular weight excluding hydrogens is 174 g/mol. The van der Waals surface area contributed by atoms with Gasteiger partial charge in [-0.3, -0.25) is 0 Å². The van der Waals surface area contributed by atoms with Crippen molar-refractivity contribution >= 4 is 23.4 Å². The molecule has 0 fully saturated rings. The van der Waals surface area contributed by atoms with Gasteiger partial charge >= 0.3 is 0 Å². The summed E-state index contributed by atoms with van der Waals surface area (Å²) in [7, 11) is 0. The lowest BCUT2D eigenvalue weighted by atomic mass is 10.2. The predicted molar refractivity (Wildman–Crippen MR) is 52.3 cm³/mol. The van der Waals surface area contributed by atoms with Crippen LogP contribution in [0.1, 0.15) is 5.56 Å². The highest BCUT2D eigenvalue weighted by molar-refractivity contribution is 6.19. The number of nitrogen functional groups attached to an aromatic ring is 1. The maximum absolute atomic E-state index is 9.09. The molecule has 0 unspecified atom stereocenters. The van der Waals surface area contributed by atoms with Crippen LogP contribution in [0.4, 0.5) is 5.69 Å². The summed E-state index contributed by atoms with van der Waals surface area (Å²) in [6.45, 7) is 0. The van der Waals surface area contributed by atoms with Gasteiger partial charge in [-0.2, -0.15) is 0 Å². The smallest absolute Gasteiger partial charge is 0.138 e. The second kappa shape index (κ2) is 4.02. The van der Waals surface area contributed by atoms with E-state index in [1.54, 1.807) is 18.2 Å². The van der Waals surface area contributed by atoms with Crippen LogP contribution in [0, 0.1) is 0 Å². The highest BCUT2D eigenvalue weighted by Crippen LogP contribution is 2.20. The minimum atomic E-state index is 0.109. The first kappa shape index (κ1) is 8.94. The molecule has 1 aromatic rings. The molecule has 12 heavy (non-hydrogen) atoms. The topological polar surface area (TPSA) is 46.2 Å². The molecule has 3 heteroatoms. The van der Waals surface area contributed by atoms with E-state index in [0.29, 0.717) is 11.6 Å². The van der Waals surface area contributed by atoms with Crippen LogP contribution in [-0.2, 0) is 0 Å². The quantitative estimate of drug-likeness (QED) is 0.420. The number of anilines is 1. The van der Waals surface area contributed by atoms with Gasteiger partial charge < -0.3 is 10.8 Å². The number of phenolic OH excluding ortho intramolecular Hbond substituents is 1. The summed E-state index contributed by atoms with van der Waals surface area (Å²) in [5.41, 5.74) is 6.79. The van der Waals surface area contributed by atoms with Crippen LogP contribution in [0.3, 0.4) is 0 Å². The monoisotopic (exact) mass is 183 g/mol. The molecule has 0 radical (unpaired) electrons. The second-order valence-electron chi connectivity index (χ2n) is 2.37. The molecule has 2 nitrogen and oxygen atoms in total. The van der Waals surface area contributed by atoms with Gasteiger partial charge in [0.25, 0.3) is 0 Å². The molecule has 0 aliphatic carbocycles. The van der Waals surface area contributed by atoms with Crippen LogP contribution in [0.5, 0.6) is 5.75 Å². The number of hydrogen-bond donors (Lipinski definition) is 2. The third-order valence-corrected chi connectivity index (χ3v) is 1.63. The number of halogens is 1. The van der Waals surface area contributed by atoms with Crippen molar-refractivity contribution in [1.29, 1.82) is 0 Å². The van der Waals surface area contributed by atoms with E-state index in [0.717, 1.165) is 5.56 Å². The van der Waals surface area contributed by atoms with Crippen molar-refractivity contribution in [2.75, 3.05) is 11.6 Å². The molecule has 0 aliphatic rings. The van der Waals surface area contributed by atoms with Gasteiger partial charge in [0.2, 0.25) is 0 Å². The minimum absolute atomic E-state index is 0.109. The van der Waals surface area contributed by atoms with Crippen molar-refractivity contribution in [3.05, 3.63) is 29.8 Å². The highest BCUT2D eigenvalue weighted by Gasteiger charge is 1.94. The number of benzene rings is 1. The van der Waals surface area contributed by atoms with Crippen LogP contribution in [0.2, 0.25) is 0 Å². The summed E-state index contributed by atoms with van der Waals surface area (Å²) in [6.07, 6.45) is 3.66. The molecule has 64 valence electrons. The fourth-order valence-corrected chi connectivity index (χ4v) is 0.946. The Hall–Kier alpha value is -1.15. The van der Waals surface area contributed by atoms with Crippen LogP contribution < -0.4 is 5.73 Å². The van der Waals surface area contributed by atoms with Gasteiger partial charge in [-0.1, -0.05) is 18.2 Å². The van der Waals surface area contributed by atoms with E-state index in [9.17, 15) is 0 Å². The van der Waals surface area contributed by atoms with Crippen LogP contribution >= 0.6 is 11.6 Å². The molecule has 0 heterocycles. The van der Waals surface area contributed by atoms with Crippen molar-refractivity contribution in [2.24, 2.45) is 0 Å². The molecule has 3 N–H and O–H groups in total. The summed E-state index contributed by atoms with van der Waals surface area (Å²) in [5.74, 6) is 0.582. The van der Waals surface area contributed by atoms with Crippen LogP contribution in [-0.4, -0.2) is 11.0 Å². The third-order valence-electron chi connectivity index (χ3n) is 1.45. The van der Waals surface area contributed by atoms with Gasteiger partial charge in [0, 0.05) is 5.88 Å². The maximum atomic E-state index is 9.09. The number of phenols is 1. The molecule has 1 aromatic carbocycles. The van der Waals surface area contributed by atoms with Gasteiger partial charge in [0.15, 0.2) is 0 Å². The lowest BCUT2D eigenvalue weighted by molar-refractivity contribution is 0.478. The average Bonchev–Trinajstić information content (AvgIpc) is 2.07. The second-order valence-corrected chi connectivity index (χ2v) is 2.68. The number of hydrogen-bond acceptors (Lipinski definition) is 2. The first-order chi connectivity index (χ1) is 5.74. The molecule has 0 aliphatic heterocycles. The number of allylic oxidation sites excluding steroid dienone is 1. The van der Waals surface area contributed by atoms with Crippen molar-refractivity contribution < 1.29 is 5.11 Å². The van der Waals surface area contributed by atoms with E-state index in [1.807, 2.05) is 12.2 Å². The summed E-state index contributed by atoms with van der Waals surface area (Å²) < 4.78 is 0. The minimum Gasteiger partial charge on any atom is -0.506 e. The Morgan fingerprint density at radius 2 is 2.25 bits per heavy atom. The van der Waals surface area contributed by atoms with Gasteiger partial charge in [0.1, 0.15) is 5.75 Å². The summed E-state index contributed by atoms with van der Waals surface area (Å²) >= 11 is 5.46. The molecule has 0 bridgehead atoms. The molecule has 0 atom stereocenters. The van der Waals surface area contributed by atoms with E-state index in [-0.39, 0.29) is 5.75 Å². The van der Waals surface area contributed by atoms with Crippen molar-refractivity contribution in [3.8, 4) is 5.75 Å². The van der Waals surface area contributed by atoms with Gasteiger partial charge in [-0.25, -0.2) is 0 Å². The molecule has 0 saturated carbocycles. The number of alkyl halides is 1. The summed E-state index contributed by atoms with van der Waals surface area (Å²) in [5, 5.41) is 9.09. The number of nitrogens with two attached hydrogens (primary N) is 1. The summed E-state index contributed by atoms with van der Waals surface area (Å²) in [4.78, 5) is 0. The fraction of sp³-hybridized carbons (Fsp3) is 0.111. The zero-order chi connectivity index (χ0) is 8.97. The molecule has 1 rings (SSSR count). The normalized spacial score (nSPS) is 10.8. The predicted octanol–water partition coefficient (Wildman–Crippen LogP) is 2.23. The van der Waals surface area contributed by atoms with Crippen molar-refractivity contribution in [2.45, 2.75) is 0 Å². The lowest BCUT2D eigenvalue weighted by Crippen LogP contribution is -1.85. The first-order valence-electron chi connectivity index (χ1n) is 3.55. The third kappa shape index (κ3) is 2.17. The Morgan fingerprint density at radius 1 is 1.50 bits per heavy atom. The lowest BCUT2D eigenvalue weighted by Gasteiger charge is -1.98. The Bertz CT molecular complexity index is 297. The van der Waals surface area contributed by atoms with Crippen LogP contribution in [0.15, 0.2) is 24.3 Å². The maximum Gasteiger partial charge on any atom is 0.138 e. The van der Waals surface area contributed by atoms with Gasteiger partial charge in [0.05, 0.1) is 5.69 Å². The van der Waals surface area contributed by atoms with E-state index in [4.69, 9.17) is 22.4 Å². The SMILES string of the molecule is Nc1cc(C=CCCl)ccc1O. The first-order valence-corrected chi connectivity index (χ1v) is 4.08. The Labute approximate surface area is 76.3 Å². The van der Waals surface area contributed by atoms with E-state index in [2.05, 4.69) is 0 Å². The molecular formula is C9H10ClNO. The van der Waals surface area contributed by atoms with Crippen LogP contribution in [0.25, 0.3) is 6.08 Å². The zero-order valence-corrected chi connectivity index (χ0v) is 7.25. The number of rotatable bonds is 2. The van der Waals surface area contributed by atoms with E-state index >= 15 is 0 Å². The fourth-order valence-electron chi connectivity index (χ4n) is 0.857. The largest absolute Gasteiger partial charge is 0.506 e. The van der Waals surface area contributed by atoms with E-state index < -0.39 is 0 Å². The Balaban J connectivity index is 2.89. The standard InChI is InChI=1S/C9H10ClNO/c10-5-1-2-7-3-4-9(12)8(11)6-7/h1-4,6,12H,5,11H2. The van der Waals surface area contributed by atoms with Gasteiger partial charge in [-0.15, -0.1) is 11.6 Å². The number of aromatic hydroxyl groups is 1. The van der Waals surface area contributed by atoms with Crippen molar-refractivity contribution in [1.82, 2.24) is 0 Å². The molecule has 0 aromatic heterocycles. The molecule has 0 saturated heterocycles. The average molecular weight is 184 g/mol.